The minimum atomic E-state index is -0.483. The number of nitrogens with one attached hydrogen (secondary N) is 1. The number of hydrogen-bond acceptors (Lipinski definition) is 12. The van der Waals surface area contributed by atoms with Crippen LogP contribution in [-0.4, -0.2) is 127 Å². The summed E-state index contributed by atoms with van der Waals surface area (Å²) in [6, 6.07) is 0. The summed E-state index contributed by atoms with van der Waals surface area (Å²) in [4.78, 5) is 32.2. The molecule has 0 aliphatic carbocycles. The van der Waals surface area contributed by atoms with Gasteiger partial charge in [-0.1, -0.05) is 22.9 Å². The fourth-order valence-corrected chi connectivity index (χ4v) is 2.23. The summed E-state index contributed by atoms with van der Waals surface area (Å²) in [5.74, 6) is -0.545. The molecule has 0 aromatic carbocycles. The minimum Gasteiger partial charge on any atom is -0.465 e. The molecule has 0 aromatic rings. The molecule has 240 valence electrons. The van der Waals surface area contributed by atoms with E-state index in [0.717, 1.165) is 13.0 Å². The number of halogens is 1. The molecule has 1 amide bonds. The van der Waals surface area contributed by atoms with E-state index in [1.807, 2.05) is 20.8 Å². The molecule has 0 rings (SSSR count). The summed E-state index contributed by atoms with van der Waals surface area (Å²) >= 11 is 2.94. The lowest BCUT2D eigenvalue weighted by Crippen LogP contribution is -2.34. The third-order valence-corrected chi connectivity index (χ3v) is 4.01. The smallest absolute Gasteiger partial charge is 0.407 e. The molecule has 0 heterocycles. The van der Waals surface area contributed by atoms with Crippen LogP contribution < -0.4 is 5.32 Å². The fraction of sp³-hybridized carbons (Fsp3) is 0.885. The molecule has 2 N–H and O–H groups in total. The van der Waals surface area contributed by atoms with E-state index in [1.54, 1.807) is 13.8 Å². The molecule has 0 spiro atoms. The number of amides is 1. The molecular formula is C26H52BrNO12. The maximum atomic E-state index is 11.2. The SMILES string of the molecule is CC(C)(C)OC(=O)NCCOCCOCCO.CCCOCCOCCOCC(=O)OCC.CCOC(=O)CBr. The van der Waals surface area contributed by atoms with E-state index >= 15 is 0 Å². The minimum absolute atomic E-state index is 0.0104. The number of alkyl halides is 1. The Morgan fingerprint density at radius 1 is 0.700 bits per heavy atom. The normalized spacial score (nSPS) is 10.4. The molecule has 0 fully saturated rings. The molecule has 13 nitrogen and oxygen atoms in total. The first kappa shape index (κ1) is 42.9. The van der Waals surface area contributed by atoms with Crippen molar-refractivity contribution in [3.05, 3.63) is 0 Å². The van der Waals surface area contributed by atoms with Gasteiger partial charge in [0.2, 0.25) is 0 Å². The predicted octanol–water partition coefficient (Wildman–Crippen LogP) is 2.49. The average molecular weight is 651 g/mol. The van der Waals surface area contributed by atoms with Crippen LogP contribution in [0.1, 0.15) is 48.0 Å². The lowest BCUT2D eigenvalue weighted by molar-refractivity contribution is -0.149. The predicted molar refractivity (Wildman–Crippen MR) is 153 cm³/mol. The van der Waals surface area contributed by atoms with Crippen molar-refractivity contribution >= 4 is 34.0 Å². The van der Waals surface area contributed by atoms with Crippen LogP contribution in [0.5, 0.6) is 0 Å². The van der Waals surface area contributed by atoms with Crippen molar-refractivity contribution in [3.63, 3.8) is 0 Å². The summed E-state index contributed by atoms with van der Waals surface area (Å²) < 4.78 is 39.9. The summed E-state index contributed by atoms with van der Waals surface area (Å²) in [5.41, 5.74) is -0.483. The Hall–Kier alpha value is -1.55. The van der Waals surface area contributed by atoms with Crippen molar-refractivity contribution in [3.8, 4) is 0 Å². The summed E-state index contributed by atoms with van der Waals surface area (Å²) in [7, 11) is 0. The number of aliphatic hydroxyl groups is 1. The van der Waals surface area contributed by atoms with Gasteiger partial charge in [0.15, 0.2) is 0 Å². The second-order valence-electron chi connectivity index (χ2n) is 8.40. The number of carbonyl (C=O) groups is 3. The van der Waals surface area contributed by atoms with E-state index < -0.39 is 11.7 Å². The lowest BCUT2D eigenvalue weighted by Gasteiger charge is -2.19. The molecule has 0 bridgehead atoms. The third kappa shape index (κ3) is 43.5. The van der Waals surface area contributed by atoms with Gasteiger partial charge in [0.1, 0.15) is 17.5 Å². The van der Waals surface area contributed by atoms with Gasteiger partial charge in [-0.3, -0.25) is 4.79 Å². The van der Waals surface area contributed by atoms with Crippen LogP contribution in [0.15, 0.2) is 0 Å². The van der Waals surface area contributed by atoms with Gasteiger partial charge < -0.3 is 48.3 Å². The fourth-order valence-electron chi connectivity index (χ4n) is 2.07. The van der Waals surface area contributed by atoms with Crippen LogP contribution in [-0.2, 0) is 47.5 Å². The second-order valence-corrected chi connectivity index (χ2v) is 8.96. The van der Waals surface area contributed by atoms with Gasteiger partial charge in [-0.2, -0.15) is 0 Å². The zero-order valence-corrected chi connectivity index (χ0v) is 26.7. The number of alkyl carbamates (subject to hydrolysis) is 1. The van der Waals surface area contributed by atoms with Gasteiger partial charge in [0.05, 0.1) is 72.7 Å². The first-order valence-electron chi connectivity index (χ1n) is 13.4. The summed E-state index contributed by atoms with van der Waals surface area (Å²) in [6.07, 6.45) is 0.570. The van der Waals surface area contributed by atoms with Crippen LogP contribution >= 0.6 is 15.9 Å². The largest absolute Gasteiger partial charge is 0.465 e. The van der Waals surface area contributed by atoms with Crippen molar-refractivity contribution in [1.29, 1.82) is 0 Å². The van der Waals surface area contributed by atoms with E-state index in [9.17, 15) is 14.4 Å². The molecule has 0 radical (unpaired) electrons. The molecule has 14 heteroatoms. The van der Waals surface area contributed by atoms with Gasteiger partial charge in [0, 0.05) is 13.2 Å². The van der Waals surface area contributed by atoms with Crippen molar-refractivity contribution in [2.24, 2.45) is 0 Å². The third-order valence-electron chi connectivity index (χ3n) is 3.55. The van der Waals surface area contributed by atoms with Gasteiger partial charge in [-0.25, -0.2) is 9.59 Å². The van der Waals surface area contributed by atoms with Crippen LogP contribution in [0.2, 0.25) is 0 Å². The Balaban J connectivity index is -0.000000556. The molecule has 0 saturated carbocycles. The summed E-state index contributed by atoms with van der Waals surface area (Å²) in [6.45, 7) is 16.7. The maximum absolute atomic E-state index is 11.2. The highest BCUT2D eigenvalue weighted by Gasteiger charge is 2.15. The first-order chi connectivity index (χ1) is 19.1. The molecule has 0 aliphatic rings. The number of esters is 2. The van der Waals surface area contributed by atoms with E-state index in [4.69, 9.17) is 33.5 Å². The quantitative estimate of drug-likeness (QED) is 0.0811. The zero-order valence-electron chi connectivity index (χ0n) is 25.1. The number of ether oxygens (including phenoxy) is 8. The Bertz CT molecular complexity index is 576. The monoisotopic (exact) mass is 649 g/mol. The highest BCUT2D eigenvalue weighted by molar-refractivity contribution is 9.09. The van der Waals surface area contributed by atoms with Crippen molar-refractivity contribution in [2.75, 3.05) is 97.8 Å². The Morgan fingerprint density at radius 3 is 1.62 bits per heavy atom. The van der Waals surface area contributed by atoms with E-state index in [2.05, 4.69) is 37.6 Å². The highest BCUT2D eigenvalue weighted by Crippen LogP contribution is 2.06. The number of rotatable bonds is 21. The topological polar surface area (TPSA) is 157 Å². The van der Waals surface area contributed by atoms with Gasteiger partial charge in [-0.15, -0.1) is 0 Å². The van der Waals surface area contributed by atoms with Crippen LogP contribution in [0, 0.1) is 0 Å². The highest BCUT2D eigenvalue weighted by atomic mass is 79.9. The van der Waals surface area contributed by atoms with Crippen LogP contribution in [0.3, 0.4) is 0 Å². The summed E-state index contributed by atoms with van der Waals surface area (Å²) in [5, 5.41) is 11.3. The van der Waals surface area contributed by atoms with E-state index in [0.29, 0.717) is 77.9 Å². The lowest BCUT2D eigenvalue weighted by atomic mass is 10.2. The number of hydrogen-bond donors (Lipinski definition) is 2. The zero-order chi connectivity index (χ0) is 30.9. The van der Waals surface area contributed by atoms with Gasteiger partial charge >= 0.3 is 18.0 Å². The molecule has 0 saturated heterocycles. The van der Waals surface area contributed by atoms with Gasteiger partial charge in [0.25, 0.3) is 0 Å². The number of aliphatic hydroxyl groups excluding tert-OH is 1. The maximum Gasteiger partial charge on any atom is 0.407 e. The average Bonchev–Trinajstić information content (AvgIpc) is 2.89. The molecular weight excluding hydrogens is 598 g/mol. The molecule has 0 atom stereocenters. The number of carbonyl (C=O) groups excluding carboxylic acids is 3. The van der Waals surface area contributed by atoms with E-state index in [1.165, 1.54) is 0 Å². The molecule has 0 unspecified atom stereocenters. The molecule has 0 aromatic heterocycles. The van der Waals surface area contributed by atoms with Gasteiger partial charge in [-0.05, 0) is 41.0 Å². The standard InChI is InChI=1S/C11H23NO5.C11H22O5.C4H7BrO2/c1-11(2,3)17-10(14)12-4-6-15-8-9-16-7-5-13;1-3-5-13-6-7-14-8-9-15-10-11(12)16-4-2;1-2-7-4(6)3-5/h13H,4-9H2,1-3H3,(H,12,14);3-10H2,1-2H3;2-3H2,1H3. The van der Waals surface area contributed by atoms with Crippen molar-refractivity contribution in [1.82, 2.24) is 5.32 Å². The van der Waals surface area contributed by atoms with Crippen LogP contribution in [0.4, 0.5) is 4.79 Å². The Morgan fingerprint density at radius 2 is 1.18 bits per heavy atom. The second kappa shape index (κ2) is 33.7. The first-order valence-corrected chi connectivity index (χ1v) is 14.5. The van der Waals surface area contributed by atoms with E-state index in [-0.39, 0.29) is 25.2 Å². The molecule has 0 aliphatic heterocycles. The van der Waals surface area contributed by atoms with Crippen molar-refractivity contribution < 1.29 is 57.4 Å². The van der Waals surface area contributed by atoms with Crippen LogP contribution in [0.25, 0.3) is 0 Å². The molecule has 40 heavy (non-hydrogen) atoms. The Labute approximate surface area is 247 Å². The Kier molecular flexibility index (Phi) is 36.1. The van der Waals surface area contributed by atoms with Crippen molar-refractivity contribution in [2.45, 2.75) is 53.6 Å².